The maximum absolute atomic E-state index is 11.8. The van der Waals surface area contributed by atoms with Crippen molar-refractivity contribution in [3.05, 3.63) is 41.0 Å². The van der Waals surface area contributed by atoms with Crippen molar-refractivity contribution in [2.75, 3.05) is 11.4 Å². The predicted molar refractivity (Wildman–Crippen MR) is 65.4 cm³/mol. The minimum absolute atomic E-state index is 0.0103. The molecule has 0 saturated carbocycles. The van der Waals surface area contributed by atoms with E-state index in [1.807, 2.05) is 0 Å². The van der Waals surface area contributed by atoms with E-state index in [9.17, 15) is 20.0 Å². The molecule has 6 heteroatoms. The van der Waals surface area contributed by atoms with Crippen molar-refractivity contribution in [2.45, 2.75) is 6.42 Å². The van der Waals surface area contributed by atoms with Crippen molar-refractivity contribution < 1.29 is 14.8 Å². The van der Waals surface area contributed by atoms with Crippen LogP contribution in [0.4, 0.5) is 11.4 Å². The first-order valence-corrected chi connectivity index (χ1v) is 5.43. The summed E-state index contributed by atoms with van der Waals surface area (Å²) >= 11 is 0. The third-order valence-corrected chi connectivity index (χ3v) is 2.95. The Hall–Kier alpha value is -2.37. The quantitative estimate of drug-likeness (QED) is 0.502. The van der Waals surface area contributed by atoms with Crippen molar-refractivity contribution in [3.63, 3.8) is 0 Å². The minimum Gasteiger partial charge on any atom is -0.506 e. The van der Waals surface area contributed by atoms with Crippen LogP contribution in [0.2, 0.25) is 0 Å². The van der Waals surface area contributed by atoms with Crippen LogP contribution >= 0.6 is 0 Å². The zero-order chi connectivity index (χ0) is 13.3. The number of carbonyl (C=O) groups excluding carboxylic acids is 1. The molecule has 1 unspecified atom stereocenters. The monoisotopic (exact) mass is 248 g/mol. The molecular weight excluding hydrogens is 236 g/mol. The van der Waals surface area contributed by atoms with Gasteiger partial charge in [0.05, 0.1) is 10.6 Å². The molecule has 0 aliphatic carbocycles. The van der Waals surface area contributed by atoms with E-state index in [-0.39, 0.29) is 28.9 Å². The van der Waals surface area contributed by atoms with Gasteiger partial charge in [0, 0.05) is 31.0 Å². The molecular formula is C12H12N2O4. The van der Waals surface area contributed by atoms with Crippen LogP contribution in [0.5, 0.6) is 5.75 Å². The van der Waals surface area contributed by atoms with Crippen LogP contribution in [0.15, 0.2) is 30.9 Å². The third kappa shape index (κ3) is 2.04. The molecule has 1 aliphatic rings. The van der Waals surface area contributed by atoms with Crippen LogP contribution in [-0.2, 0) is 4.79 Å². The molecule has 1 saturated heterocycles. The van der Waals surface area contributed by atoms with E-state index in [0.717, 1.165) is 0 Å². The number of hydrogen-bond acceptors (Lipinski definition) is 4. The van der Waals surface area contributed by atoms with E-state index >= 15 is 0 Å². The molecule has 0 radical (unpaired) electrons. The van der Waals surface area contributed by atoms with Crippen LogP contribution in [0.1, 0.15) is 6.42 Å². The third-order valence-electron chi connectivity index (χ3n) is 2.95. The number of benzene rings is 1. The Morgan fingerprint density at radius 3 is 2.83 bits per heavy atom. The van der Waals surface area contributed by atoms with Gasteiger partial charge in [-0.2, -0.15) is 0 Å². The van der Waals surface area contributed by atoms with Gasteiger partial charge in [-0.05, 0) is 6.07 Å². The van der Waals surface area contributed by atoms with Gasteiger partial charge >= 0.3 is 0 Å². The van der Waals surface area contributed by atoms with Gasteiger partial charge < -0.3 is 10.0 Å². The average molecular weight is 248 g/mol. The summed E-state index contributed by atoms with van der Waals surface area (Å²) in [5, 5.41) is 20.4. The lowest BCUT2D eigenvalue weighted by molar-refractivity contribution is -0.384. The topological polar surface area (TPSA) is 83.7 Å². The molecule has 1 amide bonds. The molecule has 18 heavy (non-hydrogen) atoms. The van der Waals surface area contributed by atoms with Crippen molar-refractivity contribution in [3.8, 4) is 5.75 Å². The first-order valence-electron chi connectivity index (χ1n) is 5.43. The van der Waals surface area contributed by atoms with E-state index in [0.29, 0.717) is 13.0 Å². The Morgan fingerprint density at radius 2 is 2.28 bits per heavy atom. The van der Waals surface area contributed by atoms with Gasteiger partial charge in [0.2, 0.25) is 5.91 Å². The molecule has 0 spiro atoms. The molecule has 1 aromatic carbocycles. The van der Waals surface area contributed by atoms with Crippen LogP contribution in [0, 0.1) is 16.0 Å². The van der Waals surface area contributed by atoms with Gasteiger partial charge in [-0.25, -0.2) is 0 Å². The summed E-state index contributed by atoms with van der Waals surface area (Å²) in [5.74, 6) is -0.300. The molecule has 1 N–H and O–H groups in total. The summed E-state index contributed by atoms with van der Waals surface area (Å²) < 4.78 is 0. The second-order valence-electron chi connectivity index (χ2n) is 4.13. The molecule has 1 aliphatic heterocycles. The lowest BCUT2D eigenvalue weighted by Gasteiger charge is -2.17. The summed E-state index contributed by atoms with van der Waals surface area (Å²) in [5.41, 5.74) is 0.0243. The fourth-order valence-corrected chi connectivity index (χ4v) is 1.97. The van der Waals surface area contributed by atoms with Gasteiger partial charge in [-0.15, -0.1) is 6.58 Å². The fraction of sp³-hybridized carbons (Fsp3) is 0.250. The molecule has 1 atom stereocenters. The van der Waals surface area contributed by atoms with Crippen LogP contribution in [0.3, 0.4) is 0 Å². The standard InChI is InChI=1S/C12H12N2O4/c1-2-8-5-12(16)13(7-8)10-6-9(14(17)18)3-4-11(10)15/h2-4,6,8,15H,1,5,7H2. The number of carbonyl (C=O) groups is 1. The average Bonchev–Trinajstić information content (AvgIpc) is 2.71. The van der Waals surface area contributed by atoms with Gasteiger partial charge in [0.15, 0.2) is 0 Å². The number of amides is 1. The summed E-state index contributed by atoms with van der Waals surface area (Å²) in [6, 6.07) is 3.63. The highest BCUT2D eigenvalue weighted by atomic mass is 16.6. The Bertz CT molecular complexity index is 527. The highest BCUT2D eigenvalue weighted by Gasteiger charge is 2.31. The van der Waals surface area contributed by atoms with Crippen LogP contribution < -0.4 is 4.90 Å². The number of nitrogens with zero attached hydrogens (tertiary/aromatic N) is 2. The first kappa shape index (κ1) is 12.1. The predicted octanol–water partition coefficient (Wildman–Crippen LogP) is 1.84. The normalized spacial score (nSPS) is 19.0. The lowest BCUT2D eigenvalue weighted by Crippen LogP contribution is -2.24. The number of aromatic hydroxyl groups is 1. The fourth-order valence-electron chi connectivity index (χ4n) is 1.97. The number of anilines is 1. The summed E-state index contributed by atoms with van der Waals surface area (Å²) in [7, 11) is 0. The first-order chi connectivity index (χ1) is 8.52. The molecule has 94 valence electrons. The van der Waals surface area contributed by atoms with Gasteiger partial charge in [0.25, 0.3) is 5.69 Å². The number of nitro groups is 1. The van der Waals surface area contributed by atoms with E-state index in [4.69, 9.17) is 0 Å². The van der Waals surface area contributed by atoms with Crippen molar-refractivity contribution in [1.29, 1.82) is 0 Å². The van der Waals surface area contributed by atoms with E-state index in [2.05, 4.69) is 6.58 Å². The maximum Gasteiger partial charge on any atom is 0.271 e. The molecule has 0 bridgehead atoms. The second-order valence-corrected chi connectivity index (χ2v) is 4.13. The summed E-state index contributed by atoms with van der Waals surface area (Å²) in [4.78, 5) is 23.3. The van der Waals surface area contributed by atoms with Crippen molar-refractivity contribution in [2.24, 2.45) is 5.92 Å². The van der Waals surface area contributed by atoms with Crippen LogP contribution in [0.25, 0.3) is 0 Å². The van der Waals surface area contributed by atoms with Crippen LogP contribution in [-0.4, -0.2) is 22.5 Å². The van der Waals surface area contributed by atoms with Crippen molar-refractivity contribution in [1.82, 2.24) is 0 Å². The van der Waals surface area contributed by atoms with E-state index in [1.165, 1.54) is 23.1 Å². The summed E-state index contributed by atoms with van der Waals surface area (Å²) in [6.07, 6.45) is 1.98. The van der Waals surface area contributed by atoms with E-state index in [1.54, 1.807) is 6.08 Å². The number of non-ortho nitro benzene ring substituents is 1. The zero-order valence-corrected chi connectivity index (χ0v) is 9.57. The molecule has 1 aromatic rings. The Kier molecular flexibility index (Phi) is 3.01. The highest BCUT2D eigenvalue weighted by Crippen LogP contribution is 2.35. The number of phenols is 1. The second kappa shape index (κ2) is 4.48. The smallest absolute Gasteiger partial charge is 0.271 e. The van der Waals surface area contributed by atoms with Gasteiger partial charge in [-0.1, -0.05) is 6.08 Å². The van der Waals surface area contributed by atoms with E-state index < -0.39 is 4.92 Å². The van der Waals surface area contributed by atoms with Gasteiger partial charge in [-0.3, -0.25) is 14.9 Å². The SMILES string of the molecule is C=CC1CC(=O)N(c2cc([N+](=O)[O-])ccc2O)C1. The molecule has 1 heterocycles. The van der Waals surface area contributed by atoms with Gasteiger partial charge in [0.1, 0.15) is 5.75 Å². The Labute approximate surface area is 103 Å². The van der Waals surface area contributed by atoms with Crippen molar-refractivity contribution >= 4 is 17.3 Å². The highest BCUT2D eigenvalue weighted by molar-refractivity contribution is 5.97. The number of hydrogen-bond donors (Lipinski definition) is 1. The maximum atomic E-state index is 11.8. The Morgan fingerprint density at radius 1 is 1.56 bits per heavy atom. The number of nitro benzene ring substituents is 1. The molecule has 1 fully saturated rings. The molecule has 6 nitrogen and oxygen atoms in total. The molecule has 2 rings (SSSR count). The number of rotatable bonds is 3. The Balaban J connectivity index is 2.38. The lowest BCUT2D eigenvalue weighted by atomic mass is 10.1. The summed E-state index contributed by atoms with van der Waals surface area (Å²) in [6.45, 7) is 4.01. The number of phenolic OH excluding ortho intramolecular Hbond substituents is 1. The minimum atomic E-state index is -0.561. The largest absolute Gasteiger partial charge is 0.506 e. The molecule has 0 aromatic heterocycles. The zero-order valence-electron chi connectivity index (χ0n) is 9.57.